The summed E-state index contributed by atoms with van der Waals surface area (Å²) in [6.45, 7) is 0.0846. The first-order valence-electron chi connectivity index (χ1n) is 4.48. The molecule has 90 valence electrons. The summed E-state index contributed by atoms with van der Waals surface area (Å²) in [4.78, 5) is 14.8. The van der Waals surface area contributed by atoms with Gasteiger partial charge in [-0.3, -0.25) is 4.79 Å². The Morgan fingerprint density at radius 3 is 2.75 bits per heavy atom. The Bertz CT molecular complexity index is 362. The summed E-state index contributed by atoms with van der Waals surface area (Å²) >= 11 is 1.24. The topological polar surface area (TPSA) is 39.2 Å². The largest absolute Gasteiger partial charge is 0.411 e. The highest BCUT2D eigenvalue weighted by Gasteiger charge is 2.27. The lowest BCUT2D eigenvalue weighted by Crippen LogP contribution is -2.17. The normalized spacial score (nSPS) is 11.8. The Labute approximate surface area is 94.3 Å². The van der Waals surface area contributed by atoms with Crippen LogP contribution in [0.15, 0.2) is 5.38 Å². The lowest BCUT2D eigenvalue weighted by Gasteiger charge is -2.05. The van der Waals surface area contributed by atoms with Crippen LogP contribution in [0.25, 0.3) is 0 Å². The molecular weight excluding hydrogens is 243 g/mol. The van der Waals surface area contributed by atoms with Crippen molar-refractivity contribution in [2.24, 2.45) is 0 Å². The molecule has 0 atom stereocenters. The van der Waals surface area contributed by atoms with E-state index in [9.17, 15) is 18.0 Å². The lowest BCUT2D eigenvalue weighted by atomic mass is 10.3. The van der Waals surface area contributed by atoms with Gasteiger partial charge in [-0.1, -0.05) is 0 Å². The summed E-state index contributed by atoms with van der Waals surface area (Å²) in [7, 11) is 0. The lowest BCUT2D eigenvalue weighted by molar-refractivity contribution is -0.173. The molecule has 1 heterocycles. The predicted octanol–water partition coefficient (Wildman–Crippen LogP) is 2.47. The summed E-state index contributed by atoms with van der Waals surface area (Å²) < 4.78 is 39.6. The van der Waals surface area contributed by atoms with Crippen molar-refractivity contribution in [3.05, 3.63) is 16.1 Å². The van der Waals surface area contributed by atoms with Crippen LogP contribution in [0.3, 0.4) is 0 Å². The molecule has 0 amide bonds. The molecule has 0 radical (unpaired) electrons. The van der Waals surface area contributed by atoms with E-state index in [0.29, 0.717) is 10.7 Å². The summed E-state index contributed by atoms with van der Waals surface area (Å²) in [5.74, 6) is -0.154. The maximum absolute atomic E-state index is 11.7. The molecule has 0 N–H and O–H groups in total. The van der Waals surface area contributed by atoms with Gasteiger partial charge < -0.3 is 4.74 Å². The number of hydrogen-bond acceptors (Lipinski definition) is 4. The number of Topliss-reactive ketones (excluding diaryl/α,β-unsaturated/α-hetero) is 1. The van der Waals surface area contributed by atoms with E-state index in [-0.39, 0.29) is 18.8 Å². The van der Waals surface area contributed by atoms with E-state index in [0.717, 1.165) is 0 Å². The highest BCUT2D eigenvalue weighted by Crippen LogP contribution is 2.15. The van der Waals surface area contributed by atoms with Crippen molar-refractivity contribution in [1.82, 2.24) is 4.98 Å². The fourth-order valence-electron chi connectivity index (χ4n) is 0.935. The second-order valence-electron chi connectivity index (χ2n) is 3.10. The second-order valence-corrected chi connectivity index (χ2v) is 4.04. The maximum Gasteiger partial charge on any atom is 0.411 e. The number of thiazole rings is 1. The van der Waals surface area contributed by atoms with Crippen molar-refractivity contribution in [2.75, 3.05) is 13.2 Å². The minimum atomic E-state index is -4.30. The molecule has 1 rings (SSSR count). The minimum Gasteiger partial charge on any atom is -0.372 e. The van der Waals surface area contributed by atoms with E-state index >= 15 is 0 Å². The van der Waals surface area contributed by atoms with Crippen LogP contribution < -0.4 is 0 Å². The summed E-state index contributed by atoms with van der Waals surface area (Å²) in [6, 6.07) is 0. The highest BCUT2D eigenvalue weighted by molar-refractivity contribution is 7.09. The van der Waals surface area contributed by atoms with Crippen molar-refractivity contribution < 1.29 is 22.7 Å². The van der Waals surface area contributed by atoms with Crippen LogP contribution in [-0.4, -0.2) is 30.2 Å². The van der Waals surface area contributed by atoms with Crippen LogP contribution in [0.1, 0.15) is 22.4 Å². The predicted molar refractivity (Wildman–Crippen MR) is 52.7 cm³/mol. The van der Waals surface area contributed by atoms with Gasteiger partial charge in [0.25, 0.3) is 0 Å². The molecule has 0 aromatic carbocycles. The minimum absolute atomic E-state index is 0.0512. The third-order valence-corrected chi connectivity index (χ3v) is 2.55. The van der Waals surface area contributed by atoms with Gasteiger partial charge >= 0.3 is 6.18 Å². The number of hydrogen-bond donors (Lipinski definition) is 0. The van der Waals surface area contributed by atoms with E-state index in [4.69, 9.17) is 0 Å². The summed E-state index contributed by atoms with van der Waals surface area (Å²) in [5, 5.41) is 2.19. The molecule has 0 aliphatic rings. The standard InChI is InChI=1S/C9H10F3NO2S/c1-6(14)7-4-16-8(13-7)2-3-15-5-9(10,11)12/h4H,2-3,5H2,1H3. The first-order chi connectivity index (χ1) is 7.38. The third-order valence-electron chi connectivity index (χ3n) is 1.64. The van der Waals surface area contributed by atoms with Gasteiger partial charge in [0.15, 0.2) is 5.78 Å². The zero-order valence-corrected chi connectivity index (χ0v) is 9.32. The van der Waals surface area contributed by atoms with Crippen molar-refractivity contribution in [2.45, 2.75) is 19.5 Å². The van der Waals surface area contributed by atoms with Crippen LogP contribution in [-0.2, 0) is 11.2 Å². The maximum atomic E-state index is 11.7. The number of nitrogens with zero attached hydrogens (tertiary/aromatic N) is 1. The van der Waals surface area contributed by atoms with Crippen LogP contribution in [0.2, 0.25) is 0 Å². The number of alkyl halides is 3. The molecule has 1 aromatic heterocycles. The molecule has 0 aliphatic heterocycles. The fraction of sp³-hybridized carbons (Fsp3) is 0.556. The Kier molecular flexibility index (Phi) is 4.43. The first-order valence-corrected chi connectivity index (χ1v) is 5.36. The molecule has 16 heavy (non-hydrogen) atoms. The van der Waals surface area contributed by atoms with Crippen LogP contribution in [0.5, 0.6) is 0 Å². The monoisotopic (exact) mass is 253 g/mol. The van der Waals surface area contributed by atoms with Gasteiger partial charge in [-0.05, 0) is 0 Å². The van der Waals surface area contributed by atoms with E-state index in [1.54, 1.807) is 5.38 Å². The molecule has 3 nitrogen and oxygen atoms in total. The third kappa shape index (κ3) is 4.71. The Hall–Kier alpha value is -0.950. The van der Waals surface area contributed by atoms with Crippen LogP contribution >= 0.6 is 11.3 Å². The van der Waals surface area contributed by atoms with Gasteiger partial charge in [0.05, 0.1) is 11.6 Å². The summed E-state index contributed by atoms with van der Waals surface area (Å²) in [6.07, 6.45) is -4.01. The molecule has 1 aromatic rings. The Morgan fingerprint density at radius 1 is 1.56 bits per heavy atom. The number of rotatable bonds is 5. The highest BCUT2D eigenvalue weighted by atomic mass is 32.1. The van der Waals surface area contributed by atoms with E-state index in [1.165, 1.54) is 18.3 Å². The van der Waals surface area contributed by atoms with E-state index in [1.807, 2.05) is 0 Å². The first kappa shape index (κ1) is 13.1. The van der Waals surface area contributed by atoms with Crippen molar-refractivity contribution in [3.8, 4) is 0 Å². The Balaban J connectivity index is 2.30. The molecule has 0 aliphatic carbocycles. The van der Waals surface area contributed by atoms with Crippen molar-refractivity contribution in [3.63, 3.8) is 0 Å². The molecule has 0 bridgehead atoms. The van der Waals surface area contributed by atoms with Gasteiger partial charge in [-0.2, -0.15) is 13.2 Å². The molecule has 0 saturated carbocycles. The quantitative estimate of drug-likeness (QED) is 0.597. The second kappa shape index (κ2) is 5.40. The van der Waals surface area contributed by atoms with Crippen molar-refractivity contribution >= 4 is 17.1 Å². The number of carbonyl (C=O) groups is 1. The number of carbonyl (C=O) groups excluding carboxylic acids is 1. The number of aromatic nitrogens is 1. The smallest absolute Gasteiger partial charge is 0.372 e. The SMILES string of the molecule is CC(=O)c1csc(CCOCC(F)(F)F)n1. The van der Waals surface area contributed by atoms with Gasteiger partial charge in [-0.15, -0.1) is 11.3 Å². The summed E-state index contributed by atoms with van der Waals surface area (Å²) in [5.41, 5.74) is 0.343. The van der Waals surface area contributed by atoms with E-state index < -0.39 is 12.8 Å². The molecule has 0 unspecified atom stereocenters. The number of ketones is 1. The molecule has 0 fully saturated rings. The van der Waals surface area contributed by atoms with Crippen molar-refractivity contribution in [1.29, 1.82) is 0 Å². The van der Waals surface area contributed by atoms with Gasteiger partial charge in [-0.25, -0.2) is 4.98 Å². The van der Waals surface area contributed by atoms with Gasteiger partial charge in [0.1, 0.15) is 12.3 Å². The number of ether oxygens (including phenoxy) is 1. The molecule has 7 heteroatoms. The van der Waals surface area contributed by atoms with E-state index in [2.05, 4.69) is 9.72 Å². The molecule has 0 saturated heterocycles. The zero-order chi connectivity index (χ0) is 12.2. The van der Waals surface area contributed by atoms with Crippen LogP contribution in [0, 0.1) is 0 Å². The van der Waals surface area contributed by atoms with Crippen LogP contribution in [0.4, 0.5) is 13.2 Å². The Morgan fingerprint density at radius 2 is 2.25 bits per heavy atom. The van der Waals surface area contributed by atoms with Gasteiger partial charge in [0.2, 0.25) is 0 Å². The average molecular weight is 253 g/mol. The average Bonchev–Trinajstić information content (AvgIpc) is 2.59. The molecule has 0 spiro atoms. The zero-order valence-electron chi connectivity index (χ0n) is 8.50. The fourth-order valence-corrected chi connectivity index (χ4v) is 1.75. The van der Waals surface area contributed by atoms with Gasteiger partial charge in [0, 0.05) is 18.7 Å². The molecular formula is C9H10F3NO2S. The number of halogens is 3.